The second-order valence-electron chi connectivity index (χ2n) is 4.30. The molecule has 1 unspecified atom stereocenters. The van der Waals surface area contributed by atoms with E-state index in [0.29, 0.717) is 18.7 Å². The smallest absolute Gasteiger partial charge is 0.325 e. The third-order valence-electron chi connectivity index (χ3n) is 2.82. The molecular formula is C14H20N2O3. The van der Waals surface area contributed by atoms with E-state index >= 15 is 0 Å². The number of hydrogen-bond acceptors (Lipinski definition) is 3. The maximum atomic E-state index is 11.2. The highest BCUT2D eigenvalue weighted by Crippen LogP contribution is 2.14. The molecule has 19 heavy (non-hydrogen) atoms. The molecule has 0 radical (unpaired) electrons. The van der Waals surface area contributed by atoms with Gasteiger partial charge in [0.15, 0.2) is 0 Å². The standard InChI is InChI=1S/C14H20N2O3/c1-3-11-4-6-12(7-5-11)13(14(18)19)16-9-8-15-10(2)17/h4-7,13,16H,3,8-9H2,1-2H3,(H,15,17)(H,18,19). The molecule has 0 bridgehead atoms. The van der Waals surface area contributed by atoms with Crippen LogP contribution in [0.2, 0.25) is 0 Å². The van der Waals surface area contributed by atoms with Gasteiger partial charge < -0.3 is 10.4 Å². The normalized spacial score (nSPS) is 11.9. The number of aryl methyl sites for hydroxylation is 1. The summed E-state index contributed by atoms with van der Waals surface area (Å²) in [5, 5.41) is 14.7. The van der Waals surface area contributed by atoms with Crippen LogP contribution in [0, 0.1) is 0 Å². The van der Waals surface area contributed by atoms with Gasteiger partial charge in [0.25, 0.3) is 0 Å². The summed E-state index contributed by atoms with van der Waals surface area (Å²) >= 11 is 0. The summed E-state index contributed by atoms with van der Waals surface area (Å²) in [6, 6.07) is 6.76. The highest BCUT2D eigenvalue weighted by Gasteiger charge is 2.18. The van der Waals surface area contributed by atoms with E-state index in [4.69, 9.17) is 0 Å². The summed E-state index contributed by atoms with van der Waals surface area (Å²) in [6.07, 6.45) is 0.925. The molecule has 1 rings (SSSR count). The van der Waals surface area contributed by atoms with Gasteiger partial charge in [-0.1, -0.05) is 31.2 Å². The topological polar surface area (TPSA) is 78.4 Å². The molecule has 0 aliphatic rings. The van der Waals surface area contributed by atoms with E-state index in [-0.39, 0.29) is 5.91 Å². The molecule has 0 aliphatic heterocycles. The Kier molecular flexibility index (Phi) is 6.02. The minimum Gasteiger partial charge on any atom is -0.480 e. The Morgan fingerprint density at radius 3 is 2.32 bits per heavy atom. The van der Waals surface area contributed by atoms with Crippen molar-refractivity contribution in [3.05, 3.63) is 35.4 Å². The minimum absolute atomic E-state index is 0.124. The van der Waals surface area contributed by atoms with Crippen molar-refractivity contribution in [2.24, 2.45) is 0 Å². The molecule has 1 atom stereocenters. The minimum atomic E-state index is -0.924. The lowest BCUT2D eigenvalue weighted by Crippen LogP contribution is -2.35. The zero-order chi connectivity index (χ0) is 14.3. The van der Waals surface area contributed by atoms with Gasteiger partial charge in [-0.15, -0.1) is 0 Å². The van der Waals surface area contributed by atoms with E-state index in [1.807, 2.05) is 24.3 Å². The molecule has 0 aromatic heterocycles. The Balaban J connectivity index is 2.60. The van der Waals surface area contributed by atoms with Crippen LogP contribution in [-0.2, 0) is 16.0 Å². The molecule has 0 spiro atoms. The quantitative estimate of drug-likeness (QED) is 0.644. The van der Waals surface area contributed by atoms with E-state index in [2.05, 4.69) is 17.6 Å². The fraction of sp³-hybridized carbons (Fsp3) is 0.429. The summed E-state index contributed by atoms with van der Waals surface area (Å²) in [5.41, 5.74) is 1.89. The Morgan fingerprint density at radius 1 is 1.21 bits per heavy atom. The van der Waals surface area contributed by atoms with Crippen molar-refractivity contribution in [2.75, 3.05) is 13.1 Å². The Bertz CT molecular complexity index is 429. The molecule has 0 saturated carbocycles. The Morgan fingerprint density at radius 2 is 1.84 bits per heavy atom. The fourth-order valence-electron chi connectivity index (χ4n) is 1.75. The lowest BCUT2D eigenvalue weighted by Gasteiger charge is -2.15. The first-order valence-electron chi connectivity index (χ1n) is 6.34. The van der Waals surface area contributed by atoms with Gasteiger partial charge in [-0.25, -0.2) is 0 Å². The molecule has 1 aromatic rings. The molecule has 0 heterocycles. The molecule has 104 valence electrons. The maximum absolute atomic E-state index is 11.2. The van der Waals surface area contributed by atoms with Crippen molar-refractivity contribution in [3.8, 4) is 0 Å². The summed E-state index contributed by atoms with van der Waals surface area (Å²) in [6.45, 7) is 4.30. The van der Waals surface area contributed by atoms with E-state index < -0.39 is 12.0 Å². The van der Waals surface area contributed by atoms with Crippen molar-refractivity contribution in [1.29, 1.82) is 0 Å². The number of amides is 1. The van der Waals surface area contributed by atoms with Gasteiger partial charge >= 0.3 is 5.97 Å². The van der Waals surface area contributed by atoms with Crippen molar-refractivity contribution in [1.82, 2.24) is 10.6 Å². The van der Waals surface area contributed by atoms with Gasteiger partial charge in [0.05, 0.1) is 0 Å². The molecule has 5 heteroatoms. The summed E-state index contributed by atoms with van der Waals surface area (Å²) < 4.78 is 0. The molecule has 0 aliphatic carbocycles. The van der Waals surface area contributed by atoms with E-state index in [1.54, 1.807) is 0 Å². The lowest BCUT2D eigenvalue weighted by atomic mass is 10.0. The Labute approximate surface area is 113 Å². The van der Waals surface area contributed by atoms with E-state index in [9.17, 15) is 14.7 Å². The van der Waals surface area contributed by atoms with Crippen molar-refractivity contribution < 1.29 is 14.7 Å². The zero-order valence-corrected chi connectivity index (χ0v) is 11.3. The molecule has 1 aromatic carbocycles. The van der Waals surface area contributed by atoms with Crippen LogP contribution in [0.4, 0.5) is 0 Å². The first-order chi connectivity index (χ1) is 9.04. The van der Waals surface area contributed by atoms with Gasteiger partial charge in [0.1, 0.15) is 6.04 Å². The number of rotatable bonds is 7. The van der Waals surface area contributed by atoms with Gasteiger partial charge in [0, 0.05) is 20.0 Å². The predicted molar refractivity (Wildman–Crippen MR) is 72.9 cm³/mol. The highest BCUT2D eigenvalue weighted by atomic mass is 16.4. The number of benzene rings is 1. The van der Waals surface area contributed by atoms with Crippen molar-refractivity contribution in [3.63, 3.8) is 0 Å². The number of aliphatic carboxylic acids is 1. The highest BCUT2D eigenvalue weighted by molar-refractivity contribution is 5.75. The maximum Gasteiger partial charge on any atom is 0.325 e. The van der Waals surface area contributed by atoms with Crippen LogP contribution in [0.3, 0.4) is 0 Å². The first kappa shape index (κ1) is 15.2. The van der Waals surface area contributed by atoms with Crippen LogP contribution < -0.4 is 10.6 Å². The number of hydrogen-bond donors (Lipinski definition) is 3. The van der Waals surface area contributed by atoms with Crippen molar-refractivity contribution in [2.45, 2.75) is 26.3 Å². The molecule has 3 N–H and O–H groups in total. The fourth-order valence-corrected chi connectivity index (χ4v) is 1.75. The number of carbonyl (C=O) groups is 2. The SMILES string of the molecule is CCc1ccc(C(NCCNC(C)=O)C(=O)O)cc1. The van der Waals surface area contributed by atoms with Gasteiger partial charge in [0.2, 0.25) is 5.91 Å². The number of carboxylic acids is 1. The summed E-state index contributed by atoms with van der Waals surface area (Å²) in [4.78, 5) is 21.9. The number of carboxylic acid groups (broad SMARTS) is 1. The second kappa shape index (κ2) is 7.53. The largest absolute Gasteiger partial charge is 0.480 e. The van der Waals surface area contributed by atoms with Crippen molar-refractivity contribution >= 4 is 11.9 Å². The van der Waals surface area contributed by atoms with Crippen LogP contribution in [0.5, 0.6) is 0 Å². The predicted octanol–water partition coefficient (Wildman–Crippen LogP) is 1.10. The lowest BCUT2D eigenvalue weighted by molar-refractivity contribution is -0.139. The van der Waals surface area contributed by atoms with Crippen LogP contribution in [0.25, 0.3) is 0 Å². The monoisotopic (exact) mass is 264 g/mol. The number of carbonyl (C=O) groups excluding carboxylic acids is 1. The molecular weight excluding hydrogens is 244 g/mol. The van der Waals surface area contributed by atoms with Crippen LogP contribution >= 0.6 is 0 Å². The third-order valence-corrected chi connectivity index (χ3v) is 2.82. The first-order valence-corrected chi connectivity index (χ1v) is 6.34. The second-order valence-corrected chi connectivity index (χ2v) is 4.30. The molecule has 1 amide bonds. The summed E-state index contributed by atoms with van der Waals surface area (Å²) in [7, 11) is 0. The Hall–Kier alpha value is -1.88. The molecule has 0 saturated heterocycles. The molecule has 5 nitrogen and oxygen atoms in total. The average molecular weight is 264 g/mol. The van der Waals surface area contributed by atoms with Crippen LogP contribution in [0.1, 0.15) is 31.0 Å². The number of nitrogens with one attached hydrogen (secondary N) is 2. The summed E-state index contributed by atoms with van der Waals surface area (Å²) in [5.74, 6) is -1.05. The van der Waals surface area contributed by atoms with Crippen LogP contribution in [-0.4, -0.2) is 30.1 Å². The average Bonchev–Trinajstić information content (AvgIpc) is 2.38. The van der Waals surface area contributed by atoms with Gasteiger partial charge in [-0.2, -0.15) is 0 Å². The van der Waals surface area contributed by atoms with Gasteiger partial charge in [-0.05, 0) is 17.5 Å². The van der Waals surface area contributed by atoms with Crippen LogP contribution in [0.15, 0.2) is 24.3 Å². The third kappa shape index (κ3) is 5.09. The van der Waals surface area contributed by atoms with Gasteiger partial charge in [-0.3, -0.25) is 14.9 Å². The van der Waals surface area contributed by atoms with E-state index in [0.717, 1.165) is 6.42 Å². The zero-order valence-electron chi connectivity index (χ0n) is 11.3. The molecule has 0 fully saturated rings. The van der Waals surface area contributed by atoms with E-state index in [1.165, 1.54) is 12.5 Å².